The highest BCUT2D eigenvalue weighted by molar-refractivity contribution is 5.93. The molecule has 0 spiro atoms. The third-order valence-corrected chi connectivity index (χ3v) is 4.05. The Morgan fingerprint density at radius 3 is 2.68 bits per heavy atom. The van der Waals surface area contributed by atoms with Crippen LogP contribution < -0.4 is 21.1 Å². The lowest BCUT2D eigenvalue weighted by Crippen LogP contribution is -2.34. The van der Waals surface area contributed by atoms with Crippen molar-refractivity contribution >= 4 is 17.5 Å². The van der Waals surface area contributed by atoms with Gasteiger partial charge >= 0.3 is 0 Å². The summed E-state index contributed by atoms with van der Waals surface area (Å²) in [5.74, 6) is 0.367. The number of piperidine rings is 1. The highest BCUT2D eigenvalue weighted by atomic mass is 16.5. The van der Waals surface area contributed by atoms with Gasteiger partial charge in [-0.15, -0.1) is 0 Å². The predicted octanol–water partition coefficient (Wildman–Crippen LogP) is 1.91. The zero-order valence-electron chi connectivity index (χ0n) is 13.7. The van der Waals surface area contributed by atoms with Gasteiger partial charge in [-0.1, -0.05) is 6.07 Å². The van der Waals surface area contributed by atoms with Crippen LogP contribution >= 0.6 is 0 Å². The summed E-state index contributed by atoms with van der Waals surface area (Å²) in [7, 11) is 0. The highest BCUT2D eigenvalue weighted by Crippen LogP contribution is 2.22. The smallest absolute Gasteiger partial charge is 0.248 e. The lowest BCUT2D eigenvalue weighted by Gasteiger charge is -2.21. The molecular weight excluding hydrogens is 320 g/mol. The van der Waals surface area contributed by atoms with Crippen molar-refractivity contribution < 1.29 is 14.3 Å². The summed E-state index contributed by atoms with van der Waals surface area (Å²) in [4.78, 5) is 27.6. The van der Waals surface area contributed by atoms with Crippen LogP contribution in [0.1, 0.15) is 23.2 Å². The molecule has 1 aromatic carbocycles. The first-order valence-electron chi connectivity index (χ1n) is 8.17. The van der Waals surface area contributed by atoms with E-state index in [0.717, 1.165) is 25.9 Å². The van der Waals surface area contributed by atoms with Crippen LogP contribution in [0.3, 0.4) is 0 Å². The first-order valence-corrected chi connectivity index (χ1v) is 8.17. The lowest BCUT2D eigenvalue weighted by atomic mass is 9.97. The van der Waals surface area contributed by atoms with Crippen LogP contribution in [0.5, 0.6) is 11.6 Å². The van der Waals surface area contributed by atoms with Gasteiger partial charge in [-0.05, 0) is 50.2 Å². The first-order chi connectivity index (χ1) is 12.1. The number of rotatable bonds is 5. The fourth-order valence-corrected chi connectivity index (χ4v) is 2.68. The third kappa shape index (κ3) is 4.54. The summed E-state index contributed by atoms with van der Waals surface area (Å²) >= 11 is 0. The van der Waals surface area contributed by atoms with E-state index in [1.807, 2.05) is 0 Å². The van der Waals surface area contributed by atoms with Crippen molar-refractivity contribution in [2.45, 2.75) is 12.8 Å². The highest BCUT2D eigenvalue weighted by Gasteiger charge is 2.20. The van der Waals surface area contributed by atoms with Gasteiger partial charge < -0.3 is 21.1 Å². The molecule has 3 rings (SSSR count). The molecule has 1 fully saturated rings. The SMILES string of the molecule is NC(=O)c1cccc(Oc2ccc(NC(=O)C3CCNCC3)cn2)c1. The van der Waals surface area contributed by atoms with Crippen LogP contribution in [0.25, 0.3) is 0 Å². The Balaban J connectivity index is 1.61. The molecule has 2 heterocycles. The number of aromatic nitrogens is 1. The number of nitrogens with two attached hydrogens (primary N) is 1. The lowest BCUT2D eigenvalue weighted by molar-refractivity contribution is -0.120. The Kier molecular flexibility index (Phi) is 5.25. The molecule has 2 aromatic rings. The number of ether oxygens (including phenoxy) is 1. The number of carbonyl (C=O) groups excluding carboxylic acids is 2. The summed E-state index contributed by atoms with van der Waals surface area (Å²) in [5.41, 5.74) is 6.24. The van der Waals surface area contributed by atoms with Gasteiger partial charge in [0.25, 0.3) is 0 Å². The Hall–Kier alpha value is -2.93. The van der Waals surface area contributed by atoms with Gasteiger partial charge in [-0.2, -0.15) is 0 Å². The zero-order chi connectivity index (χ0) is 17.6. The number of hydrogen-bond donors (Lipinski definition) is 3. The number of primary amides is 1. The fraction of sp³-hybridized carbons (Fsp3) is 0.278. The molecule has 1 aliphatic rings. The third-order valence-electron chi connectivity index (χ3n) is 4.05. The van der Waals surface area contributed by atoms with Crippen LogP contribution in [0.2, 0.25) is 0 Å². The van der Waals surface area contributed by atoms with Crippen molar-refractivity contribution in [2.24, 2.45) is 11.7 Å². The van der Waals surface area contributed by atoms with Crippen LogP contribution in [0.4, 0.5) is 5.69 Å². The maximum atomic E-state index is 12.2. The first kappa shape index (κ1) is 16.9. The van der Waals surface area contributed by atoms with Gasteiger partial charge in [0, 0.05) is 17.5 Å². The van der Waals surface area contributed by atoms with Crippen LogP contribution in [0.15, 0.2) is 42.6 Å². The predicted molar refractivity (Wildman–Crippen MR) is 93.5 cm³/mol. The van der Waals surface area contributed by atoms with Crippen LogP contribution in [-0.4, -0.2) is 29.9 Å². The van der Waals surface area contributed by atoms with E-state index in [1.54, 1.807) is 42.6 Å². The summed E-state index contributed by atoms with van der Waals surface area (Å²) in [5, 5.41) is 6.12. The number of pyridine rings is 1. The van der Waals surface area contributed by atoms with E-state index in [4.69, 9.17) is 10.5 Å². The summed E-state index contributed by atoms with van der Waals surface area (Å²) < 4.78 is 5.61. The summed E-state index contributed by atoms with van der Waals surface area (Å²) in [6.07, 6.45) is 3.24. The average molecular weight is 340 g/mol. The molecule has 0 aliphatic carbocycles. The van der Waals surface area contributed by atoms with E-state index in [1.165, 1.54) is 0 Å². The van der Waals surface area contributed by atoms with Crippen molar-refractivity contribution in [3.8, 4) is 11.6 Å². The van der Waals surface area contributed by atoms with E-state index < -0.39 is 5.91 Å². The van der Waals surface area contributed by atoms with Gasteiger partial charge in [0.05, 0.1) is 11.9 Å². The van der Waals surface area contributed by atoms with Gasteiger partial charge in [0.15, 0.2) is 0 Å². The van der Waals surface area contributed by atoms with E-state index in [9.17, 15) is 9.59 Å². The zero-order valence-corrected chi connectivity index (χ0v) is 13.7. The second kappa shape index (κ2) is 7.76. The Bertz CT molecular complexity index is 755. The molecule has 4 N–H and O–H groups in total. The molecule has 130 valence electrons. The van der Waals surface area contributed by atoms with Crippen molar-refractivity contribution in [2.75, 3.05) is 18.4 Å². The molecule has 0 unspecified atom stereocenters. The number of nitrogens with zero attached hydrogens (tertiary/aromatic N) is 1. The van der Waals surface area contributed by atoms with Gasteiger partial charge in [0.2, 0.25) is 17.7 Å². The summed E-state index contributed by atoms with van der Waals surface area (Å²) in [6, 6.07) is 9.96. The minimum absolute atomic E-state index is 0.0196. The second-order valence-corrected chi connectivity index (χ2v) is 5.89. The van der Waals surface area contributed by atoms with Crippen molar-refractivity contribution in [1.29, 1.82) is 0 Å². The molecule has 1 aromatic heterocycles. The molecule has 0 atom stereocenters. The van der Waals surface area contributed by atoms with Crippen molar-refractivity contribution in [1.82, 2.24) is 10.3 Å². The average Bonchev–Trinajstić information content (AvgIpc) is 2.64. The van der Waals surface area contributed by atoms with E-state index in [0.29, 0.717) is 22.9 Å². The van der Waals surface area contributed by atoms with E-state index in [2.05, 4.69) is 15.6 Å². The molecule has 25 heavy (non-hydrogen) atoms. The monoisotopic (exact) mass is 340 g/mol. The van der Waals surface area contributed by atoms with E-state index in [-0.39, 0.29) is 11.8 Å². The number of nitrogens with one attached hydrogen (secondary N) is 2. The van der Waals surface area contributed by atoms with Crippen molar-refractivity contribution in [3.63, 3.8) is 0 Å². The van der Waals surface area contributed by atoms with E-state index >= 15 is 0 Å². The molecule has 2 amide bonds. The molecule has 0 radical (unpaired) electrons. The van der Waals surface area contributed by atoms with Gasteiger partial charge in [-0.3, -0.25) is 9.59 Å². The topological polar surface area (TPSA) is 106 Å². The van der Waals surface area contributed by atoms with Crippen LogP contribution in [-0.2, 0) is 4.79 Å². The number of amides is 2. The standard InChI is InChI=1S/C18H20N4O3/c19-17(23)13-2-1-3-15(10-13)25-16-5-4-14(11-21-16)22-18(24)12-6-8-20-9-7-12/h1-5,10-12,20H,6-9H2,(H2,19,23)(H,22,24). The normalized spacial score (nSPS) is 14.7. The molecule has 7 nitrogen and oxygen atoms in total. The second-order valence-electron chi connectivity index (χ2n) is 5.89. The molecule has 1 aliphatic heterocycles. The molecule has 7 heteroatoms. The number of anilines is 1. The molecule has 0 bridgehead atoms. The van der Waals surface area contributed by atoms with Gasteiger partial charge in [-0.25, -0.2) is 4.98 Å². The fourth-order valence-electron chi connectivity index (χ4n) is 2.68. The molecule has 1 saturated heterocycles. The molecule has 0 saturated carbocycles. The maximum Gasteiger partial charge on any atom is 0.248 e. The molecular formula is C18H20N4O3. The minimum atomic E-state index is -0.519. The van der Waals surface area contributed by atoms with Crippen molar-refractivity contribution in [3.05, 3.63) is 48.2 Å². The van der Waals surface area contributed by atoms with Gasteiger partial charge in [0.1, 0.15) is 5.75 Å². The van der Waals surface area contributed by atoms with Crippen LogP contribution in [0, 0.1) is 5.92 Å². The Morgan fingerprint density at radius 2 is 2.00 bits per heavy atom. The number of benzene rings is 1. The number of hydrogen-bond acceptors (Lipinski definition) is 5. The Morgan fingerprint density at radius 1 is 1.20 bits per heavy atom. The maximum absolute atomic E-state index is 12.2. The Labute approximate surface area is 145 Å². The largest absolute Gasteiger partial charge is 0.439 e. The number of carbonyl (C=O) groups is 2. The summed E-state index contributed by atoms with van der Waals surface area (Å²) in [6.45, 7) is 1.74. The minimum Gasteiger partial charge on any atom is -0.439 e. The quantitative estimate of drug-likeness (QED) is 0.771.